The number of hydrogen-bond acceptors (Lipinski definition) is 4. The van der Waals surface area contributed by atoms with Crippen LogP contribution in [-0.2, 0) is 9.78 Å². The molecule has 0 amide bonds. The van der Waals surface area contributed by atoms with Crippen molar-refractivity contribution in [2.75, 3.05) is 13.2 Å². The lowest BCUT2D eigenvalue weighted by molar-refractivity contribution is -0.248. The molecule has 4 heteroatoms. The van der Waals surface area contributed by atoms with E-state index in [4.69, 9.17) is 14.5 Å². The fourth-order valence-electron chi connectivity index (χ4n) is 4.13. The van der Waals surface area contributed by atoms with E-state index in [0.29, 0.717) is 18.1 Å². The Bertz CT molecular complexity index is 1060. The molecule has 0 N–H and O–H groups in total. The topological polar surface area (TPSA) is 44.8 Å². The predicted octanol–water partition coefficient (Wildman–Crippen LogP) is 9.28. The highest BCUT2D eigenvalue weighted by atomic mass is 17.2. The minimum absolute atomic E-state index is 0.329. The molecule has 198 valence electrons. The third-order valence-electron chi connectivity index (χ3n) is 6.71. The molecule has 0 fully saturated rings. The first kappa shape index (κ1) is 28.5. The van der Waals surface area contributed by atoms with Crippen molar-refractivity contribution in [3.05, 3.63) is 78.4 Å². The molecule has 0 aliphatic carbocycles. The van der Waals surface area contributed by atoms with Crippen LogP contribution in [0.15, 0.2) is 72.8 Å². The molecule has 0 aliphatic rings. The molecule has 0 bridgehead atoms. The molecular weight excluding hydrogens is 460 g/mol. The zero-order chi connectivity index (χ0) is 26.3. The highest BCUT2D eigenvalue weighted by Gasteiger charge is 2.15. The minimum atomic E-state index is -0.487. The quantitative estimate of drug-likeness (QED) is 0.111. The molecule has 0 saturated heterocycles. The number of rotatable bonds is 16. The van der Waals surface area contributed by atoms with Gasteiger partial charge in [0.05, 0.1) is 18.8 Å². The van der Waals surface area contributed by atoms with Crippen LogP contribution in [0.1, 0.15) is 82.5 Å². The zero-order valence-electron chi connectivity index (χ0n) is 22.7. The number of carbonyl (C=O) groups excluding carboxylic acids is 1. The van der Waals surface area contributed by atoms with Crippen molar-refractivity contribution in [3.63, 3.8) is 0 Å². The molecule has 0 radical (unpaired) electrons. The van der Waals surface area contributed by atoms with Crippen LogP contribution < -0.4 is 4.74 Å². The lowest BCUT2D eigenvalue weighted by Crippen LogP contribution is -2.11. The summed E-state index contributed by atoms with van der Waals surface area (Å²) in [5.41, 5.74) is 4.57. The number of unbranched alkanes of at least 4 members (excludes halogenated alkanes) is 6. The van der Waals surface area contributed by atoms with Gasteiger partial charge >= 0.3 is 5.97 Å². The van der Waals surface area contributed by atoms with Crippen LogP contribution in [0.5, 0.6) is 5.75 Å². The van der Waals surface area contributed by atoms with Gasteiger partial charge in [-0.1, -0.05) is 114 Å². The van der Waals surface area contributed by atoms with Crippen LogP contribution in [0.3, 0.4) is 0 Å². The van der Waals surface area contributed by atoms with Crippen molar-refractivity contribution in [3.8, 4) is 28.0 Å². The van der Waals surface area contributed by atoms with E-state index in [9.17, 15) is 4.79 Å². The molecule has 0 aromatic heterocycles. The lowest BCUT2D eigenvalue weighted by Gasteiger charge is -2.14. The Morgan fingerprint density at radius 3 is 2.14 bits per heavy atom. The normalized spacial score (nSPS) is 11.8. The number of ether oxygens (including phenoxy) is 1. The summed E-state index contributed by atoms with van der Waals surface area (Å²) >= 11 is 0. The van der Waals surface area contributed by atoms with Gasteiger partial charge in [-0.25, -0.2) is 4.79 Å². The highest BCUT2D eigenvalue weighted by molar-refractivity contribution is 5.94. The van der Waals surface area contributed by atoms with E-state index in [1.807, 2.05) is 42.5 Å². The van der Waals surface area contributed by atoms with Crippen molar-refractivity contribution in [2.45, 2.75) is 72.1 Å². The van der Waals surface area contributed by atoms with Gasteiger partial charge in [0.25, 0.3) is 0 Å². The second kappa shape index (κ2) is 15.9. The third-order valence-corrected chi connectivity index (χ3v) is 6.71. The maximum atomic E-state index is 12.7. The predicted molar refractivity (Wildman–Crippen MR) is 152 cm³/mol. The van der Waals surface area contributed by atoms with Gasteiger partial charge in [-0.15, -0.1) is 0 Å². The van der Waals surface area contributed by atoms with Crippen LogP contribution in [-0.4, -0.2) is 19.2 Å². The molecule has 0 spiro atoms. The molecule has 1 atom stereocenters. The summed E-state index contributed by atoms with van der Waals surface area (Å²) in [6.45, 7) is 7.51. The van der Waals surface area contributed by atoms with Gasteiger partial charge in [0.1, 0.15) is 5.75 Å². The fraction of sp³-hybridized carbons (Fsp3) is 0.424. The summed E-state index contributed by atoms with van der Waals surface area (Å²) in [5.74, 6) is 0.708. The molecular formula is C33H42O4. The van der Waals surface area contributed by atoms with Gasteiger partial charge in [-0.2, -0.15) is 4.89 Å². The molecule has 37 heavy (non-hydrogen) atoms. The van der Waals surface area contributed by atoms with Crippen molar-refractivity contribution < 1.29 is 19.3 Å². The van der Waals surface area contributed by atoms with Gasteiger partial charge in [0.15, 0.2) is 0 Å². The Morgan fingerprint density at radius 1 is 0.757 bits per heavy atom. The van der Waals surface area contributed by atoms with Crippen molar-refractivity contribution in [2.24, 2.45) is 5.92 Å². The minimum Gasteiger partial charge on any atom is -0.494 e. The van der Waals surface area contributed by atoms with E-state index >= 15 is 0 Å². The van der Waals surface area contributed by atoms with E-state index in [-0.39, 0.29) is 0 Å². The Labute approximate surface area is 222 Å². The van der Waals surface area contributed by atoms with Crippen LogP contribution in [0.2, 0.25) is 0 Å². The molecule has 3 aromatic carbocycles. The third kappa shape index (κ3) is 9.36. The maximum absolute atomic E-state index is 12.7. The molecule has 0 heterocycles. The van der Waals surface area contributed by atoms with Gasteiger partial charge in [-0.05, 0) is 58.9 Å². The first-order valence-corrected chi connectivity index (χ1v) is 13.9. The largest absolute Gasteiger partial charge is 0.494 e. The second-order valence-electron chi connectivity index (χ2n) is 9.79. The summed E-state index contributed by atoms with van der Waals surface area (Å²) < 4.78 is 5.98. The smallest absolute Gasteiger partial charge is 0.373 e. The monoisotopic (exact) mass is 502 g/mol. The Morgan fingerprint density at radius 2 is 1.43 bits per heavy atom. The first-order valence-electron chi connectivity index (χ1n) is 13.9. The zero-order valence-corrected chi connectivity index (χ0v) is 22.7. The molecule has 3 rings (SSSR count). The average molecular weight is 503 g/mol. The van der Waals surface area contributed by atoms with Crippen molar-refractivity contribution in [1.29, 1.82) is 0 Å². The summed E-state index contributed by atoms with van der Waals surface area (Å²) in [4.78, 5) is 23.0. The van der Waals surface area contributed by atoms with Crippen molar-refractivity contribution >= 4 is 5.97 Å². The lowest BCUT2D eigenvalue weighted by atomic mass is 9.93. The van der Waals surface area contributed by atoms with Gasteiger partial charge < -0.3 is 4.74 Å². The van der Waals surface area contributed by atoms with Gasteiger partial charge in [0.2, 0.25) is 0 Å². The van der Waals surface area contributed by atoms with E-state index in [2.05, 4.69) is 45.0 Å². The first-order chi connectivity index (χ1) is 18.1. The molecule has 4 nitrogen and oxygen atoms in total. The van der Waals surface area contributed by atoms with Gasteiger partial charge in [0, 0.05) is 0 Å². The molecule has 0 saturated carbocycles. The van der Waals surface area contributed by atoms with Crippen LogP contribution in [0.25, 0.3) is 22.3 Å². The molecule has 3 aromatic rings. The average Bonchev–Trinajstić information content (AvgIpc) is 2.94. The number of benzene rings is 3. The fourth-order valence-corrected chi connectivity index (χ4v) is 4.13. The highest BCUT2D eigenvalue weighted by Crippen LogP contribution is 2.34. The standard InChI is InChI=1S/C33H42O4/c1-4-6-7-8-9-10-14-23-35-30-20-17-28(18-21-30)32-24-29(33(34)37-36-25-26(3)5-2)19-22-31(32)27-15-12-11-13-16-27/h11-13,15-22,24,26H,4-10,14,23,25H2,1-3H3. The Balaban J connectivity index is 1.68. The SMILES string of the molecule is CCCCCCCCCOc1ccc(-c2cc(C(=O)OOCC(C)CC)ccc2-c2ccccc2)cc1. The molecule has 1 unspecified atom stereocenters. The number of hydrogen-bond donors (Lipinski definition) is 0. The number of carbonyl (C=O) groups is 1. The van der Waals surface area contributed by atoms with Crippen LogP contribution >= 0.6 is 0 Å². The Kier molecular flexibility index (Phi) is 12.2. The van der Waals surface area contributed by atoms with Crippen LogP contribution in [0, 0.1) is 5.92 Å². The van der Waals surface area contributed by atoms with E-state index in [1.165, 1.54) is 38.5 Å². The Hall–Kier alpha value is -3.11. The van der Waals surface area contributed by atoms with E-state index < -0.39 is 5.97 Å². The van der Waals surface area contributed by atoms with Crippen LogP contribution in [0.4, 0.5) is 0 Å². The van der Waals surface area contributed by atoms with E-state index in [0.717, 1.165) is 47.5 Å². The van der Waals surface area contributed by atoms with E-state index in [1.54, 1.807) is 6.07 Å². The summed E-state index contributed by atoms with van der Waals surface area (Å²) in [7, 11) is 0. The summed E-state index contributed by atoms with van der Waals surface area (Å²) in [6, 6.07) is 23.9. The van der Waals surface area contributed by atoms with Gasteiger partial charge in [-0.3, -0.25) is 4.89 Å². The van der Waals surface area contributed by atoms with Crippen molar-refractivity contribution in [1.82, 2.24) is 0 Å². The molecule has 0 aliphatic heterocycles. The maximum Gasteiger partial charge on any atom is 0.373 e. The summed E-state index contributed by atoms with van der Waals surface area (Å²) in [6.07, 6.45) is 9.83. The summed E-state index contributed by atoms with van der Waals surface area (Å²) in [5, 5.41) is 0. The second-order valence-corrected chi connectivity index (χ2v) is 9.79.